The molecule has 2 N–H and O–H groups in total. The summed E-state index contributed by atoms with van der Waals surface area (Å²) in [4.78, 5) is 2.01. The van der Waals surface area contributed by atoms with Crippen LogP contribution in [0.5, 0.6) is 0 Å². The van der Waals surface area contributed by atoms with Gasteiger partial charge < -0.3 is 5.73 Å². The Morgan fingerprint density at radius 2 is 1.67 bits per heavy atom. The fourth-order valence-corrected chi connectivity index (χ4v) is 2.14. The Morgan fingerprint density at radius 1 is 0.952 bits per heavy atom. The van der Waals surface area contributed by atoms with E-state index in [2.05, 4.69) is 0 Å². The average Bonchev–Trinajstić information content (AvgIpc) is 2.44. The van der Waals surface area contributed by atoms with Crippen LogP contribution in [0.3, 0.4) is 0 Å². The van der Waals surface area contributed by atoms with E-state index in [1.54, 1.807) is 0 Å². The lowest BCUT2D eigenvalue weighted by molar-refractivity contribution is 0.260. The van der Waals surface area contributed by atoms with E-state index in [0.717, 1.165) is 17.7 Å². The van der Waals surface area contributed by atoms with Gasteiger partial charge in [-0.15, -0.1) is 12.4 Å². The van der Waals surface area contributed by atoms with E-state index in [9.17, 15) is 8.78 Å². The van der Waals surface area contributed by atoms with Crippen molar-refractivity contribution in [2.24, 2.45) is 5.73 Å². The lowest BCUT2D eigenvalue weighted by Gasteiger charge is -2.22. The van der Waals surface area contributed by atoms with Gasteiger partial charge in [-0.1, -0.05) is 30.3 Å². The molecule has 0 saturated heterocycles. The molecule has 2 rings (SSSR count). The van der Waals surface area contributed by atoms with Crippen molar-refractivity contribution in [1.82, 2.24) is 4.90 Å². The lowest BCUT2D eigenvalue weighted by Crippen LogP contribution is -2.29. The lowest BCUT2D eigenvalue weighted by atomic mass is 10.1. The summed E-state index contributed by atoms with van der Waals surface area (Å²) in [6.07, 6.45) is 0. The summed E-state index contributed by atoms with van der Waals surface area (Å²) in [5.74, 6) is -0.810. The van der Waals surface area contributed by atoms with Crippen molar-refractivity contribution in [2.45, 2.75) is 13.1 Å². The number of benzene rings is 2. The molecule has 2 aromatic carbocycles. The van der Waals surface area contributed by atoms with Gasteiger partial charge in [-0.25, -0.2) is 8.78 Å². The van der Waals surface area contributed by atoms with E-state index >= 15 is 0 Å². The summed E-state index contributed by atoms with van der Waals surface area (Å²) in [6.45, 7) is 2.11. The molecule has 2 aromatic rings. The minimum Gasteiger partial charge on any atom is -0.329 e. The number of hydrogen-bond acceptors (Lipinski definition) is 2. The highest BCUT2D eigenvalue weighted by atomic mass is 35.5. The second kappa shape index (κ2) is 8.72. The third-order valence-electron chi connectivity index (χ3n) is 3.10. The fraction of sp³-hybridized carbons (Fsp3) is 0.250. The minimum absolute atomic E-state index is 0. The smallest absolute Gasteiger partial charge is 0.127 e. The first-order chi connectivity index (χ1) is 9.69. The highest BCUT2D eigenvalue weighted by Crippen LogP contribution is 2.14. The molecule has 0 atom stereocenters. The van der Waals surface area contributed by atoms with E-state index in [1.165, 1.54) is 6.07 Å². The van der Waals surface area contributed by atoms with Gasteiger partial charge in [0.05, 0.1) is 0 Å². The van der Waals surface area contributed by atoms with Crippen LogP contribution in [0.15, 0.2) is 48.5 Å². The monoisotopic (exact) mass is 312 g/mol. The highest BCUT2D eigenvalue weighted by molar-refractivity contribution is 5.85. The molecule has 0 aliphatic rings. The molecule has 0 aliphatic carbocycles. The topological polar surface area (TPSA) is 29.3 Å². The van der Waals surface area contributed by atoms with Crippen molar-refractivity contribution in [2.75, 3.05) is 13.1 Å². The maximum absolute atomic E-state index is 13.7. The van der Waals surface area contributed by atoms with Crippen molar-refractivity contribution in [1.29, 1.82) is 0 Å². The van der Waals surface area contributed by atoms with Crippen LogP contribution in [0, 0.1) is 11.6 Å². The average molecular weight is 313 g/mol. The molecule has 21 heavy (non-hydrogen) atoms. The third kappa shape index (κ3) is 5.42. The normalized spacial score (nSPS) is 10.5. The third-order valence-corrected chi connectivity index (χ3v) is 3.10. The van der Waals surface area contributed by atoms with Crippen molar-refractivity contribution in [3.05, 3.63) is 71.3 Å². The molecule has 2 nitrogen and oxygen atoms in total. The van der Waals surface area contributed by atoms with Crippen LogP contribution in [0.2, 0.25) is 0 Å². The standard InChI is InChI=1S/C16H18F2N2.ClH/c17-15-6-7-16(18)14(10-15)12-20(9-8-19)11-13-4-2-1-3-5-13;/h1-7,10H,8-9,11-12,19H2;1H. The zero-order valence-corrected chi connectivity index (χ0v) is 12.5. The summed E-state index contributed by atoms with van der Waals surface area (Å²) >= 11 is 0. The quantitative estimate of drug-likeness (QED) is 0.886. The van der Waals surface area contributed by atoms with Gasteiger partial charge >= 0.3 is 0 Å². The van der Waals surface area contributed by atoms with Gasteiger partial charge in [-0.3, -0.25) is 4.90 Å². The summed E-state index contributed by atoms with van der Waals surface area (Å²) in [7, 11) is 0. The van der Waals surface area contributed by atoms with Gasteiger partial charge in [0.2, 0.25) is 0 Å². The van der Waals surface area contributed by atoms with Crippen LogP contribution >= 0.6 is 12.4 Å². The second-order valence-electron chi connectivity index (χ2n) is 4.72. The number of hydrogen-bond donors (Lipinski definition) is 1. The number of rotatable bonds is 6. The predicted molar refractivity (Wildman–Crippen MR) is 83.2 cm³/mol. The maximum atomic E-state index is 13.7. The largest absolute Gasteiger partial charge is 0.329 e. The molecule has 0 aromatic heterocycles. The van der Waals surface area contributed by atoms with Gasteiger partial charge in [-0.2, -0.15) is 0 Å². The molecule has 0 radical (unpaired) electrons. The van der Waals surface area contributed by atoms with E-state index in [4.69, 9.17) is 5.73 Å². The zero-order valence-electron chi connectivity index (χ0n) is 11.6. The van der Waals surface area contributed by atoms with Crippen LogP contribution < -0.4 is 5.73 Å². The summed E-state index contributed by atoms with van der Waals surface area (Å²) in [5.41, 5.74) is 7.07. The maximum Gasteiger partial charge on any atom is 0.127 e. The molecular formula is C16H19ClF2N2. The van der Waals surface area contributed by atoms with Gasteiger partial charge in [-0.05, 0) is 23.8 Å². The molecule has 114 valence electrons. The Morgan fingerprint density at radius 3 is 2.33 bits per heavy atom. The Hall–Kier alpha value is -1.49. The van der Waals surface area contributed by atoms with Gasteiger partial charge in [0.25, 0.3) is 0 Å². The first-order valence-electron chi connectivity index (χ1n) is 6.59. The van der Waals surface area contributed by atoms with Crippen LogP contribution in [-0.2, 0) is 13.1 Å². The number of halogens is 3. The van der Waals surface area contributed by atoms with Crippen molar-refractivity contribution >= 4 is 12.4 Å². The van der Waals surface area contributed by atoms with Crippen LogP contribution in [-0.4, -0.2) is 18.0 Å². The second-order valence-corrected chi connectivity index (χ2v) is 4.72. The highest BCUT2D eigenvalue weighted by Gasteiger charge is 2.10. The van der Waals surface area contributed by atoms with Crippen LogP contribution in [0.4, 0.5) is 8.78 Å². The molecule has 0 saturated carbocycles. The van der Waals surface area contributed by atoms with E-state index in [0.29, 0.717) is 31.7 Å². The Balaban J connectivity index is 0.00000220. The molecule has 0 aliphatic heterocycles. The fourth-order valence-electron chi connectivity index (χ4n) is 2.14. The number of nitrogens with two attached hydrogens (primary N) is 1. The van der Waals surface area contributed by atoms with Gasteiger partial charge in [0.1, 0.15) is 11.6 Å². The molecule has 5 heteroatoms. The van der Waals surface area contributed by atoms with E-state index in [-0.39, 0.29) is 18.2 Å². The Kier molecular flexibility index (Phi) is 7.29. The molecule has 0 unspecified atom stereocenters. The minimum atomic E-state index is -0.422. The first-order valence-corrected chi connectivity index (χ1v) is 6.59. The summed E-state index contributed by atoms with van der Waals surface area (Å²) in [5, 5.41) is 0. The van der Waals surface area contributed by atoms with E-state index < -0.39 is 5.82 Å². The molecule has 0 fully saturated rings. The van der Waals surface area contributed by atoms with Gasteiger partial charge in [0.15, 0.2) is 0 Å². The SMILES string of the molecule is Cl.NCCN(Cc1ccccc1)Cc1cc(F)ccc1F. The Labute approximate surface area is 130 Å². The van der Waals surface area contributed by atoms with Crippen molar-refractivity contribution in [3.8, 4) is 0 Å². The molecule has 0 amide bonds. The van der Waals surface area contributed by atoms with Crippen molar-refractivity contribution < 1.29 is 8.78 Å². The molecule has 0 bridgehead atoms. The molecule has 0 heterocycles. The Bertz CT molecular complexity index is 549. The molecular weight excluding hydrogens is 294 g/mol. The van der Waals surface area contributed by atoms with Gasteiger partial charge in [0, 0.05) is 31.7 Å². The van der Waals surface area contributed by atoms with Crippen LogP contribution in [0.25, 0.3) is 0 Å². The molecule has 0 spiro atoms. The summed E-state index contributed by atoms with van der Waals surface area (Å²) in [6, 6.07) is 13.4. The van der Waals surface area contributed by atoms with Crippen LogP contribution in [0.1, 0.15) is 11.1 Å². The predicted octanol–water partition coefficient (Wildman–Crippen LogP) is 3.35. The van der Waals surface area contributed by atoms with E-state index in [1.807, 2.05) is 35.2 Å². The zero-order chi connectivity index (χ0) is 14.4. The first kappa shape index (κ1) is 17.6. The summed E-state index contributed by atoms with van der Waals surface area (Å²) < 4.78 is 26.9. The van der Waals surface area contributed by atoms with Crippen molar-refractivity contribution in [3.63, 3.8) is 0 Å². The number of nitrogens with zero attached hydrogens (tertiary/aromatic N) is 1.